The van der Waals surface area contributed by atoms with Gasteiger partial charge in [-0.25, -0.2) is 9.59 Å². The van der Waals surface area contributed by atoms with Crippen LogP contribution in [0.2, 0.25) is 0 Å². The number of likely N-dealkylation sites (tertiary alicyclic amines) is 1. The zero-order chi connectivity index (χ0) is 30.4. The average molecular weight is 576 g/mol. The molecule has 1 aliphatic heterocycles. The number of likely N-dealkylation sites (N-methyl/N-ethyl adjacent to an activating group) is 1. The number of quaternary nitrogens is 1. The Hall–Kier alpha value is -4.41. The number of amides is 3. The number of nitrogens with zero attached hydrogens (tertiary/aromatic N) is 2. The number of esters is 1. The Morgan fingerprint density at radius 1 is 1.00 bits per heavy atom. The lowest BCUT2D eigenvalue weighted by Gasteiger charge is -2.33. The summed E-state index contributed by atoms with van der Waals surface area (Å²) in [4.78, 5) is 40.9. The standard InChI is InChI=1S/C32H38N4O6/c1-21(2)42-31(40)24-9-11-25(12-10-24)34-32(41)35(30(39)29(33)18-22-7-13-27(37)14-8-22)26-15-16-36(3,20-26)19-23-5-4-6-28(38)17-23/h4-14,17,21,26,29H,15-16,18-20,33H2,1-3H3,(H2-,34,37,38,40,41)/p+1/t26-,29-,36?/m0/s1. The summed E-state index contributed by atoms with van der Waals surface area (Å²) in [5.74, 6) is -0.671. The topological polar surface area (TPSA) is 142 Å². The highest BCUT2D eigenvalue weighted by Crippen LogP contribution is 2.27. The smallest absolute Gasteiger partial charge is 0.338 e. The van der Waals surface area contributed by atoms with Crippen molar-refractivity contribution >= 4 is 23.6 Å². The van der Waals surface area contributed by atoms with Crippen molar-refractivity contribution in [1.29, 1.82) is 0 Å². The molecule has 42 heavy (non-hydrogen) atoms. The first-order valence-corrected chi connectivity index (χ1v) is 14.0. The van der Waals surface area contributed by atoms with E-state index in [0.717, 1.165) is 17.7 Å². The molecule has 222 valence electrons. The molecule has 4 rings (SSSR count). The van der Waals surface area contributed by atoms with Crippen molar-refractivity contribution in [2.24, 2.45) is 5.73 Å². The Bertz CT molecular complexity index is 1410. The van der Waals surface area contributed by atoms with Crippen LogP contribution in [0.3, 0.4) is 0 Å². The number of imide groups is 1. The van der Waals surface area contributed by atoms with Crippen LogP contribution in [-0.4, -0.2) is 75.8 Å². The summed E-state index contributed by atoms with van der Waals surface area (Å²) < 4.78 is 5.80. The fourth-order valence-electron chi connectivity index (χ4n) is 5.36. The highest BCUT2D eigenvalue weighted by molar-refractivity contribution is 6.03. The van der Waals surface area contributed by atoms with Crippen molar-refractivity contribution in [3.05, 3.63) is 89.5 Å². The van der Waals surface area contributed by atoms with E-state index in [1.54, 1.807) is 68.4 Å². The number of phenols is 2. The Labute approximate surface area is 245 Å². The van der Waals surface area contributed by atoms with Crippen LogP contribution in [0.25, 0.3) is 0 Å². The minimum Gasteiger partial charge on any atom is -0.508 e. The van der Waals surface area contributed by atoms with E-state index < -0.39 is 30.0 Å². The number of carbonyl (C=O) groups is 3. The zero-order valence-electron chi connectivity index (χ0n) is 24.2. The molecule has 10 nitrogen and oxygen atoms in total. The maximum Gasteiger partial charge on any atom is 0.338 e. The summed E-state index contributed by atoms with van der Waals surface area (Å²) in [6.07, 6.45) is 0.517. The molecule has 1 saturated heterocycles. The SMILES string of the molecule is CC(C)OC(=O)c1ccc(NC(=O)N(C(=O)[C@@H](N)Cc2ccc(O)cc2)[C@H]2CC[N+](C)(Cc3cccc(O)c3)C2)cc1. The first-order chi connectivity index (χ1) is 19.9. The first kappa shape index (κ1) is 30.5. The summed E-state index contributed by atoms with van der Waals surface area (Å²) in [6, 6.07) is 17.8. The monoisotopic (exact) mass is 575 g/mol. The lowest BCUT2D eigenvalue weighted by Crippen LogP contribution is -2.55. The third-order valence-electron chi connectivity index (χ3n) is 7.37. The Morgan fingerprint density at radius 3 is 2.33 bits per heavy atom. The molecule has 5 N–H and O–H groups in total. The Morgan fingerprint density at radius 2 is 1.69 bits per heavy atom. The van der Waals surface area contributed by atoms with Gasteiger partial charge in [-0.3, -0.25) is 9.69 Å². The van der Waals surface area contributed by atoms with Crippen LogP contribution in [0.15, 0.2) is 72.8 Å². The molecular weight excluding hydrogens is 536 g/mol. The molecule has 0 saturated carbocycles. The van der Waals surface area contributed by atoms with Gasteiger partial charge >= 0.3 is 12.0 Å². The van der Waals surface area contributed by atoms with Crippen LogP contribution >= 0.6 is 0 Å². The normalized spacial score (nSPS) is 18.8. The van der Waals surface area contributed by atoms with Gasteiger partial charge in [0.05, 0.1) is 37.3 Å². The van der Waals surface area contributed by atoms with E-state index >= 15 is 0 Å². The van der Waals surface area contributed by atoms with Crippen molar-refractivity contribution in [2.45, 2.75) is 51.4 Å². The van der Waals surface area contributed by atoms with Gasteiger partial charge in [0.15, 0.2) is 0 Å². The molecule has 0 aliphatic carbocycles. The zero-order valence-corrected chi connectivity index (χ0v) is 24.2. The highest BCUT2D eigenvalue weighted by atomic mass is 16.5. The molecule has 0 spiro atoms. The Kier molecular flexibility index (Phi) is 9.49. The van der Waals surface area contributed by atoms with Crippen LogP contribution in [-0.2, 0) is 22.5 Å². The van der Waals surface area contributed by atoms with E-state index in [4.69, 9.17) is 10.5 Å². The number of anilines is 1. The van der Waals surface area contributed by atoms with E-state index in [9.17, 15) is 24.6 Å². The minimum atomic E-state index is -0.987. The molecule has 1 aliphatic rings. The number of nitrogens with one attached hydrogen (secondary N) is 1. The molecule has 1 heterocycles. The minimum absolute atomic E-state index is 0.109. The average Bonchev–Trinajstić information content (AvgIpc) is 3.30. The first-order valence-electron chi connectivity index (χ1n) is 14.0. The number of hydrogen-bond acceptors (Lipinski definition) is 7. The van der Waals surface area contributed by atoms with Crippen LogP contribution in [0.1, 0.15) is 41.8 Å². The van der Waals surface area contributed by atoms with Crippen LogP contribution in [0.5, 0.6) is 11.5 Å². The van der Waals surface area contributed by atoms with E-state index in [1.807, 2.05) is 6.07 Å². The number of urea groups is 1. The largest absolute Gasteiger partial charge is 0.508 e. The van der Waals surface area contributed by atoms with E-state index in [-0.39, 0.29) is 24.0 Å². The second-order valence-electron chi connectivity index (χ2n) is 11.4. The van der Waals surface area contributed by atoms with E-state index in [1.165, 1.54) is 17.0 Å². The molecule has 1 fully saturated rings. The maximum atomic E-state index is 13.8. The molecule has 3 atom stereocenters. The van der Waals surface area contributed by atoms with Crippen LogP contribution in [0, 0.1) is 0 Å². The predicted octanol–water partition coefficient (Wildman–Crippen LogP) is 4.01. The number of aromatic hydroxyl groups is 2. The van der Waals surface area contributed by atoms with E-state index in [2.05, 4.69) is 12.4 Å². The number of nitrogens with two attached hydrogens (primary N) is 1. The number of carbonyl (C=O) groups excluding carboxylic acids is 3. The predicted molar refractivity (Wildman–Crippen MR) is 159 cm³/mol. The summed E-state index contributed by atoms with van der Waals surface area (Å²) in [5, 5.41) is 22.3. The molecular formula is C32H39N4O6+. The molecule has 10 heteroatoms. The molecule has 0 radical (unpaired) electrons. The number of rotatable bonds is 9. The number of hydrogen-bond donors (Lipinski definition) is 4. The van der Waals surface area contributed by atoms with Crippen LogP contribution < -0.4 is 11.1 Å². The third-order valence-corrected chi connectivity index (χ3v) is 7.37. The van der Waals surface area contributed by atoms with Gasteiger partial charge in [-0.1, -0.05) is 24.3 Å². The quantitative estimate of drug-likeness (QED) is 0.223. The van der Waals surface area contributed by atoms with Gasteiger partial charge < -0.3 is 30.5 Å². The van der Waals surface area contributed by atoms with Crippen molar-refractivity contribution in [1.82, 2.24) is 4.90 Å². The van der Waals surface area contributed by atoms with Gasteiger partial charge in [0.1, 0.15) is 24.6 Å². The van der Waals surface area contributed by atoms with E-state index in [0.29, 0.717) is 35.2 Å². The summed E-state index contributed by atoms with van der Waals surface area (Å²) in [5.41, 5.74) is 8.85. The number of benzene rings is 3. The fourth-order valence-corrected chi connectivity index (χ4v) is 5.36. The van der Waals surface area contributed by atoms with Crippen molar-refractivity contribution in [3.8, 4) is 11.5 Å². The molecule has 0 aromatic heterocycles. The molecule has 3 amide bonds. The van der Waals surface area contributed by atoms with Crippen molar-refractivity contribution in [2.75, 3.05) is 25.5 Å². The Balaban J connectivity index is 1.53. The molecule has 0 bridgehead atoms. The molecule has 3 aromatic rings. The number of phenolic OH excluding ortho intramolecular Hbond substituents is 2. The summed E-state index contributed by atoms with van der Waals surface area (Å²) in [6.45, 7) is 5.39. The second kappa shape index (κ2) is 13.1. The molecule has 1 unspecified atom stereocenters. The fraction of sp³-hybridized carbons (Fsp3) is 0.344. The van der Waals surface area contributed by atoms with Gasteiger partial charge in [0, 0.05) is 17.7 Å². The van der Waals surface area contributed by atoms with Crippen molar-refractivity contribution < 1.29 is 33.8 Å². The second-order valence-corrected chi connectivity index (χ2v) is 11.4. The highest BCUT2D eigenvalue weighted by Gasteiger charge is 2.43. The summed E-state index contributed by atoms with van der Waals surface area (Å²) in [7, 11) is 2.07. The maximum absolute atomic E-state index is 13.8. The van der Waals surface area contributed by atoms with Gasteiger partial charge in [0.25, 0.3) is 0 Å². The van der Waals surface area contributed by atoms with Gasteiger partial charge in [-0.2, -0.15) is 0 Å². The lowest BCUT2D eigenvalue weighted by atomic mass is 10.0. The third kappa shape index (κ3) is 7.86. The van der Waals surface area contributed by atoms with Crippen molar-refractivity contribution in [3.63, 3.8) is 0 Å². The lowest BCUT2D eigenvalue weighted by molar-refractivity contribution is -0.911. The summed E-state index contributed by atoms with van der Waals surface area (Å²) >= 11 is 0. The van der Waals surface area contributed by atoms with Gasteiger partial charge in [-0.05, 0) is 74.4 Å². The van der Waals surface area contributed by atoms with Gasteiger partial charge in [-0.15, -0.1) is 0 Å². The number of ether oxygens (including phenoxy) is 1. The van der Waals surface area contributed by atoms with Gasteiger partial charge in [0.2, 0.25) is 5.91 Å². The van der Waals surface area contributed by atoms with Crippen LogP contribution in [0.4, 0.5) is 10.5 Å². The molecule has 3 aromatic carbocycles.